The number of methoxy groups -OCH3 is 1. The van der Waals surface area contributed by atoms with Crippen molar-refractivity contribution in [3.05, 3.63) is 29.8 Å². The smallest absolute Gasteiger partial charge is 0.307 e. The van der Waals surface area contributed by atoms with E-state index >= 15 is 0 Å². The minimum atomic E-state index is -0.372. The number of esters is 1. The summed E-state index contributed by atoms with van der Waals surface area (Å²) in [5, 5.41) is 8.93. The summed E-state index contributed by atoms with van der Waals surface area (Å²) in [6.07, 6.45) is 1.48. The Morgan fingerprint density at radius 3 is 2.70 bits per heavy atom. The van der Waals surface area contributed by atoms with E-state index in [2.05, 4.69) is 4.74 Å². The molecule has 1 rings (SSSR count). The number of aliphatic hydroxyl groups excluding tert-OH is 1. The van der Waals surface area contributed by atoms with Crippen molar-refractivity contribution < 1.29 is 24.2 Å². The van der Waals surface area contributed by atoms with Crippen molar-refractivity contribution in [3.63, 3.8) is 0 Å². The average Bonchev–Trinajstić information content (AvgIpc) is 2.59. The number of ether oxygens (including phenoxy) is 2. The first-order valence-corrected chi connectivity index (χ1v) is 7.77. The van der Waals surface area contributed by atoms with E-state index in [9.17, 15) is 9.59 Å². The number of hydrogen-bond acceptors (Lipinski definition) is 5. The van der Waals surface area contributed by atoms with Gasteiger partial charge in [0.1, 0.15) is 5.75 Å². The van der Waals surface area contributed by atoms with Gasteiger partial charge in [-0.05, 0) is 30.5 Å². The number of aryl methyl sites for hydroxylation is 1. The Morgan fingerprint density at radius 1 is 1.26 bits per heavy atom. The van der Waals surface area contributed by atoms with Crippen molar-refractivity contribution in [1.29, 1.82) is 0 Å². The predicted molar refractivity (Wildman–Crippen MR) is 86.2 cm³/mol. The molecule has 0 saturated heterocycles. The highest BCUT2D eigenvalue weighted by atomic mass is 16.5. The van der Waals surface area contributed by atoms with Gasteiger partial charge in [-0.25, -0.2) is 0 Å². The third kappa shape index (κ3) is 7.15. The molecule has 1 N–H and O–H groups in total. The lowest BCUT2D eigenvalue weighted by molar-refractivity contribution is -0.142. The van der Waals surface area contributed by atoms with E-state index in [4.69, 9.17) is 9.84 Å². The molecule has 1 aromatic carbocycles. The normalized spacial score (nSPS) is 10.2. The first-order valence-electron chi connectivity index (χ1n) is 7.77. The maximum Gasteiger partial charge on any atom is 0.307 e. The lowest BCUT2D eigenvalue weighted by Gasteiger charge is -2.22. The Labute approximate surface area is 137 Å². The summed E-state index contributed by atoms with van der Waals surface area (Å²) < 4.78 is 10.1. The van der Waals surface area contributed by atoms with Gasteiger partial charge >= 0.3 is 5.97 Å². The second-order valence-corrected chi connectivity index (χ2v) is 5.07. The summed E-state index contributed by atoms with van der Waals surface area (Å²) in [5.41, 5.74) is 1.14. The Morgan fingerprint density at radius 2 is 2.04 bits per heavy atom. The zero-order valence-corrected chi connectivity index (χ0v) is 13.8. The molecule has 128 valence electrons. The fourth-order valence-corrected chi connectivity index (χ4v) is 2.04. The fraction of sp³-hybridized carbons (Fsp3) is 0.529. The molecule has 1 aromatic rings. The SMILES string of the molecule is CCc1cccc(OCC(=O)N(CCCO)CCC(=O)OC)c1. The van der Waals surface area contributed by atoms with Gasteiger partial charge in [0, 0.05) is 19.7 Å². The van der Waals surface area contributed by atoms with E-state index < -0.39 is 0 Å². The summed E-state index contributed by atoms with van der Waals surface area (Å²) in [6.45, 7) is 2.57. The van der Waals surface area contributed by atoms with Crippen LogP contribution in [0.3, 0.4) is 0 Å². The van der Waals surface area contributed by atoms with Crippen molar-refractivity contribution in [2.45, 2.75) is 26.2 Å². The molecular weight excluding hydrogens is 298 g/mol. The molecule has 0 aliphatic rings. The molecule has 0 fully saturated rings. The minimum Gasteiger partial charge on any atom is -0.484 e. The molecule has 23 heavy (non-hydrogen) atoms. The van der Waals surface area contributed by atoms with Gasteiger partial charge in [-0.15, -0.1) is 0 Å². The molecule has 0 radical (unpaired) electrons. The molecule has 0 atom stereocenters. The average molecular weight is 323 g/mol. The van der Waals surface area contributed by atoms with Crippen molar-refractivity contribution in [2.75, 3.05) is 33.4 Å². The monoisotopic (exact) mass is 323 g/mol. The van der Waals surface area contributed by atoms with Gasteiger partial charge in [0.25, 0.3) is 5.91 Å². The topological polar surface area (TPSA) is 76.1 Å². The van der Waals surface area contributed by atoms with Crippen LogP contribution in [0.2, 0.25) is 0 Å². The number of benzene rings is 1. The van der Waals surface area contributed by atoms with Gasteiger partial charge in [-0.3, -0.25) is 9.59 Å². The summed E-state index contributed by atoms with van der Waals surface area (Å²) >= 11 is 0. The van der Waals surface area contributed by atoms with Crippen LogP contribution >= 0.6 is 0 Å². The van der Waals surface area contributed by atoms with Gasteiger partial charge in [0.15, 0.2) is 6.61 Å². The maximum absolute atomic E-state index is 12.2. The van der Waals surface area contributed by atoms with Gasteiger partial charge in [0.05, 0.1) is 13.5 Å². The second-order valence-electron chi connectivity index (χ2n) is 5.07. The fourth-order valence-electron chi connectivity index (χ4n) is 2.04. The number of aliphatic hydroxyl groups is 1. The predicted octanol–water partition coefficient (Wildman–Crippen LogP) is 1.40. The quantitative estimate of drug-likeness (QED) is 0.659. The van der Waals surface area contributed by atoms with Crippen molar-refractivity contribution in [2.24, 2.45) is 0 Å². The van der Waals surface area contributed by atoms with E-state index in [-0.39, 0.29) is 38.1 Å². The molecule has 1 amide bonds. The summed E-state index contributed by atoms with van der Waals surface area (Å²) in [5.74, 6) is 0.0559. The van der Waals surface area contributed by atoms with Crippen LogP contribution in [0.25, 0.3) is 0 Å². The molecular formula is C17H25NO5. The number of rotatable bonds is 10. The minimum absolute atomic E-state index is 0.0125. The lowest BCUT2D eigenvalue weighted by Crippen LogP contribution is -2.37. The Balaban J connectivity index is 2.55. The van der Waals surface area contributed by atoms with E-state index in [1.54, 1.807) is 6.07 Å². The Kier molecular flexibility index (Phi) is 8.75. The van der Waals surface area contributed by atoms with Gasteiger partial charge < -0.3 is 19.5 Å². The number of amides is 1. The van der Waals surface area contributed by atoms with Crippen molar-refractivity contribution in [3.8, 4) is 5.75 Å². The Hall–Kier alpha value is -2.08. The van der Waals surface area contributed by atoms with Gasteiger partial charge in [-0.1, -0.05) is 19.1 Å². The van der Waals surface area contributed by atoms with E-state index in [1.165, 1.54) is 12.0 Å². The highest BCUT2D eigenvalue weighted by Gasteiger charge is 2.15. The molecule has 0 unspecified atom stereocenters. The zero-order valence-electron chi connectivity index (χ0n) is 13.8. The van der Waals surface area contributed by atoms with Gasteiger partial charge in [0.2, 0.25) is 0 Å². The van der Waals surface area contributed by atoms with Crippen LogP contribution in [0.1, 0.15) is 25.3 Å². The van der Waals surface area contributed by atoms with Crippen LogP contribution in [0.5, 0.6) is 5.75 Å². The summed E-state index contributed by atoms with van der Waals surface area (Å²) in [6, 6.07) is 7.59. The Bertz CT molecular complexity index is 504. The first-order chi connectivity index (χ1) is 11.1. The molecule has 0 spiro atoms. The van der Waals surface area contributed by atoms with Crippen LogP contribution in [-0.4, -0.2) is 55.3 Å². The third-order valence-electron chi connectivity index (χ3n) is 3.42. The molecule has 0 heterocycles. The first kappa shape index (κ1) is 19.0. The van der Waals surface area contributed by atoms with Crippen LogP contribution in [0.4, 0.5) is 0 Å². The summed E-state index contributed by atoms with van der Waals surface area (Å²) in [7, 11) is 1.31. The largest absolute Gasteiger partial charge is 0.484 e. The van der Waals surface area contributed by atoms with Gasteiger partial charge in [-0.2, -0.15) is 0 Å². The highest BCUT2D eigenvalue weighted by Crippen LogP contribution is 2.13. The summed E-state index contributed by atoms with van der Waals surface area (Å²) in [4.78, 5) is 25.0. The maximum atomic E-state index is 12.2. The van der Waals surface area contributed by atoms with E-state index in [0.717, 1.165) is 12.0 Å². The molecule has 0 aromatic heterocycles. The molecule has 0 saturated carbocycles. The number of carbonyl (C=O) groups is 2. The van der Waals surface area contributed by atoms with Crippen molar-refractivity contribution >= 4 is 11.9 Å². The molecule has 6 nitrogen and oxygen atoms in total. The number of hydrogen-bond donors (Lipinski definition) is 1. The van der Waals surface area contributed by atoms with Crippen LogP contribution in [0, 0.1) is 0 Å². The van der Waals surface area contributed by atoms with Crippen LogP contribution < -0.4 is 4.74 Å². The van der Waals surface area contributed by atoms with E-state index in [0.29, 0.717) is 18.7 Å². The van der Waals surface area contributed by atoms with E-state index in [1.807, 2.05) is 25.1 Å². The number of carbonyl (C=O) groups excluding carboxylic acids is 2. The van der Waals surface area contributed by atoms with Crippen molar-refractivity contribution in [1.82, 2.24) is 4.90 Å². The van der Waals surface area contributed by atoms with Crippen LogP contribution in [0.15, 0.2) is 24.3 Å². The molecule has 0 aliphatic carbocycles. The molecule has 0 aliphatic heterocycles. The third-order valence-corrected chi connectivity index (χ3v) is 3.42. The molecule has 6 heteroatoms. The number of nitrogens with zero attached hydrogens (tertiary/aromatic N) is 1. The van der Waals surface area contributed by atoms with Crippen LogP contribution in [-0.2, 0) is 20.7 Å². The molecule has 0 bridgehead atoms. The standard InChI is InChI=1S/C17H25NO5/c1-3-14-6-4-7-15(12-14)23-13-16(20)18(9-5-11-19)10-8-17(21)22-2/h4,6-7,12,19H,3,5,8-11,13H2,1-2H3. The highest BCUT2D eigenvalue weighted by molar-refractivity contribution is 5.78. The lowest BCUT2D eigenvalue weighted by atomic mass is 10.2. The zero-order chi connectivity index (χ0) is 17.1. The second kappa shape index (κ2) is 10.6.